The molecule has 0 saturated heterocycles. The smallest absolute Gasteiger partial charge is 0.219 e. The maximum atomic E-state index is 11.1. The van der Waals surface area contributed by atoms with Crippen LogP contribution in [0.4, 0.5) is 0 Å². The van der Waals surface area contributed by atoms with Crippen LogP contribution in [0.2, 0.25) is 0 Å². The van der Waals surface area contributed by atoms with E-state index in [0.717, 1.165) is 6.42 Å². The van der Waals surface area contributed by atoms with Gasteiger partial charge in [-0.2, -0.15) is 0 Å². The summed E-state index contributed by atoms with van der Waals surface area (Å²) in [5.41, 5.74) is 1.35. The van der Waals surface area contributed by atoms with E-state index >= 15 is 0 Å². The van der Waals surface area contributed by atoms with E-state index in [1.54, 1.807) is 6.92 Å². The van der Waals surface area contributed by atoms with Crippen LogP contribution in [-0.4, -0.2) is 23.9 Å². The van der Waals surface area contributed by atoms with Gasteiger partial charge in [0.1, 0.15) is 0 Å². The Morgan fingerprint density at radius 3 is 2.57 bits per heavy atom. The lowest BCUT2D eigenvalue weighted by atomic mass is 10.1. The van der Waals surface area contributed by atoms with Crippen LogP contribution in [0, 0.1) is 0 Å². The minimum absolute atomic E-state index is 0.161. The lowest BCUT2D eigenvalue weighted by molar-refractivity contribution is -0.128. The van der Waals surface area contributed by atoms with Gasteiger partial charge < -0.3 is 4.90 Å². The average Bonchev–Trinajstić information content (AvgIpc) is 2.97. The maximum Gasteiger partial charge on any atom is 0.219 e. The molecule has 0 bridgehead atoms. The van der Waals surface area contributed by atoms with E-state index in [4.69, 9.17) is 0 Å². The van der Waals surface area contributed by atoms with Gasteiger partial charge in [-0.15, -0.1) is 0 Å². The van der Waals surface area contributed by atoms with Crippen LogP contribution >= 0.6 is 0 Å². The number of benzene rings is 1. The molecule has 1 aliphatic carbocycles. The van der Waals surface area contributed by atoms with Gasteiger partial charge in [0, 0.05) is 25.9 Å². The molecule has 1 saturated carbocycles. The van der Waals surface area contributed by atoms with Crippen LogP contribution in [0.5, 0.6) is 0 Å². The fourth-order valence-corrected chi connectivity index (χ4v) is 1.90. The van der Waals surface area contributed by atoms with Crippen molar-refractivity contribution >= 4 is 5.91 Å². The SMILES string of the molecule is CC(=O)N(C)[C@@H]1C[C@H]1c1ccccc1. The van der Waals surface area contributed by atoms with Crippen LogP contribution < -0.4 is 0 Å². The van der Waals surface area contributed by atoms with E-state index in [1.807, 2.05) is 18.0 Å². The molecule has 1 aliphatic rings. The van der Waals surface area contributed by atoms with Gasteiger partial charge in [-0.1, -0.05) is 30.3 Å². The van der Waals surface area contributed by atoms with E-state index in [2.05, 4.69) is 24.3 Å². The van der Waals surface area contributed by atoms with Crippen LogP contribution in [0.1, 0.15) is 24.8 Å². The highest BCUT2D eigenvalue weighted by molar-refractivity contribution is 5.74. The van der Waals surface area contributed by atoms with E-state index in [9.17, 15) is 4.79 Å². The third-order valence-electron chi connectivity index (χ3n) is 2.98. The zero-order valence-electron chi connectivity index (χ0n) is 8.60. The highest BCUT2D eigenvalue weighted by Crippen LogP contribution is 2.43. The largest absolute Gasteiger partial charge is 0.342 e. The Kier molecular flexibility index (Phi) is 2.28. The fourth-order valence-electron chi connectivity index (χ4n) is 1.90. The van der Waals surface area contributed by atoms with E-state index in [1.165, 1.54) is 5.56 Å². The molecule has 1 aromatic carbocycles. The normalized spacial score (nSPS) is 24.4. The van der Waals surface area contributed by atoms with Gasteiger partial charge in [-0.3, -0.25) is 4.79 Å². The quantitative estimate of drug-likeness (QED) is 0.697. The molecule has 0 radical (unpaired) electrons. The summed E-state index contributed by atoms with van der Waals surface area (Å²) >= 11 is 0. The summed E-state index contributed by atoms with van der Waals surface area (Å²) in [4.78, 5) is 13.0. The molecule has 2 atom stereocenters. The fraction of sp³-hybridized carbons (Fsp3) is 0.417. The molecular weight excluding hydrogens is 174 g/mol. The van der Waals surface area contributed by atoms with Crippen LogP contribution in [0.25, 0.3) is 0 Å². The number of carbonyl (C=O) groups is 1. The predicted octanol–water partition coefficient (Wildman–Crippen LogP) is 2.02. The van der Waals surface area contributed by atoms with Gasteiger partial charge in [0.25, 0.3) is 0 Å². The zero-order chi connectivity index (χ0) is 10.1. The van der Waals surface area contributed by atoms with Crippen molar-refractivity contribution < 1.29 is 4.79 Å². The van der Waals surface area contributed by atoms with Crippen molar-refractivity contribution in [3.8, 4) is 0 Å². The summed E-state index contributed by atoms with van der Waals surface area (Å²) in [6, 6.07) is 10.8. The molecule has 0 spiro atoms. The van der Waals surface area contributed by atoms with Crippen LogP contribution in [0.3, 0.4) is 0 Å². The molecule has 1 amide bonds. The Morgan fingerprint density at radius 2 is 2.00 bits per heavy atom. The van der Waals surface area contributed by atoms with Crippen molar-refractivity contribution in [1.29, 1.82) is 0 Å². The lowest BCUT2D eigenvalue weighted by Crippen LogP contribution is -2.26. The molecule has 2 rings (SSSR count). The first-order valence-electron chi connectivity index (χ1n) is 4.98. The van der Waals surface area contributed by atoms with Crippen LogP contribution in [-0.2, 0) is 4.79 Å². The molecule has 0 heterocycles. The van der Waals surface area contributed by atoms with Gasteiger partial charge in [0.15, 0.2) is 0 Å². The number of nitrogens with zero attached hydrogens (tertiary/aromatic N) is 1. The third-order valence-corrected chi connectivity index (χ3v) is 2.98. The highest BCUT2D eigenvalue weighted by atomic mass is 16.2. The molecule has 74 valence electrons. The van der Waals surface area contributed by atoms with Gasteiger partial charge in [0.2, 0.25) is 5.91 Å². The van der Waals surface area contributed by atoms with Gasteiger partial charge >= 0.3 is 0 Å². The van der Waals surface area contributed by atoms with E-state index in [0.29, 0.717) is 12.0 Å². The molecule has 0 N–H and O–H groups in total. The summed E-state index contributed by atoms with van der Waals surface area (Å²) in [7, 11) is 1.88. The van der Waals surface area contributed by atoms with Crippen molar-refractivity contribution in [2.24, 2.45) is 0 Å². The second kappa shape index (κ2) is 3.45. The van der Waals surface area contributed by atoms with Gasteiger partial charge in [-0.25, -0.2) is 0 Å². The minimum atomic E-state index is 0.161. The number of rotatable bonds is 2. The molecule has 14 heavy (non-hydrogen) atoms. The Labute approximate surface area is 84.5 Å². The molecule has 2 heteroatoms. The minimum Gasteiger partial charge on any atom is -0.342 e. The number of hydrogen-bond donors (Lipinski definition) is 0. The molecule has 2 nitrogen and oxygen atoms in total. The number of likely N-dealkylation sites (N-methyl/N-ethyl adjacent to an activating group) is 1. The van der Waals surface area contributed by atoms with Crippen molar-refractivity contribution in [2.75, 3.05) is 7.05 Å². The first-order valence-corrected chi connectivity index (χ1v) is 4.98. The standard InChI is InChI=1S/C12H15NO/c1-9(14)13(2)12-8-11(12)10-6-4-3-5-7-10/h3-7,11-12H,8H2,1-2H3/t11-,12+/m0/s1. The number of carbonyl (C=O) groups excluding carboxylic acids is 1. The average molecular weight is 189 g/mol. The molecule has 1 fully saturated rings. The van der Waals surface area contributed by atoms with Crippen molar-refractivity contribution in [3.05, 3.63) is 35.9 Å². The summed E-state index contributed by atoms with van der Waals surface area (Å²) in [5, 5.41) is 0. The van der Waals surface area contributed by atoms with E-state index in [-0.39, 0.29) is 5.91 Å². The second-order valence-electron chi connectivity index (χ2n) is 3.95. The molecule has 1 aromatic rings. The summed E-state index contributed by atoms with van der Waals surface area (Å²) in [5.74, 6) is 0.721. The lowest BCUT2D eigenvalue weighted by Gasteiger charge is -2.14. The third kappa shape index (κ3) is 1.65. The molecule has 0 aliphatic heterocycles. The Balaban J connectivity index is 2.03. The van der Waals surface area contributed by atoms with Crippen LogP contribution in [0.15, 0.2) is 30.3 Å². The number of hydrogen-bond acceptors (Lipinski definition) is 1. The first-order chi connectivity index (χ1) is 6.70. The summed E-state index contributed by atoms with van der Waals surface area (Å²) in [6.45, 7) is 1.63. The Morgan fingerprint density at radius 1 is 1.36 bits per heavy atom. The second-order valence-corrected chi connectivity index (χ2v) is 3.95. The van der Waals surface area contributed by atoms with Crippen molar-refractivity contribution in [2.45, 2.75) is 25.3 Å². The van der Waals surface area contributed by atoms with E-state index < -0.39 is 0 Å². The van der Waals surface area contributed by atoms with Gasteiger partial charge in [-0.05, 0) is 12.0 Å². The number of amides is 1. The first kappa shape index (κ1) is 9.25. The Hall–Kier alpha value is -1.31. The summed E-state index contributed by atoms with van der Waals surface area (Å²) < 4.78 is 0. The van der Waals surface area contributed by atoms with Crippen molar-refractivity contribution in [3.63, 3.8) is 0 Å². The van der Waals surface area contributed by atoms with Crippen molar-refractivity contribution in [1.82, 2.24) is 4.90 Å². The van der Waals surface area contributed by atoms with Gasteiger partial charge in [0.05, 0.1) is 0 Å². The monoisotopic (exact) mass is 189 g/mol. The highest BCUT2D eigenvalue weighted by Gasteiger charge is 2.42. The molecule has 0 aromatic heterocycles. The summed E-state index contributed by atoms with van der Waals surface area (Å²) in [6.07, 6.45) is 1.11. The maximum absolute atomic E-state index is 11.1. The topological polar surface area (TPSA) is 20.3 Å². The predicted molar refractivity (Wildman–Crippen MR) is 56.0 cm³/mol. The Bertz CT molecular complexity index is 333. The zero-order valence-corrected chi connectivity index (χ0v) is 8.60. The molecular formula is C12H15NO. The molecule has 0 unspecified atom stereocenters.